The molecule has 5 nitrogen and oxygen atoms in total. The van der Waals surface area contributed by atoms with Crippen LogP contribution in [0.4, 0.5) is 5.69 Å². The van der Waals surface area contributed by atoms with Gasteiger partial charge in [-0.3, -0.25) is 4.79 Å². The zero-order valence-corrected chi connectivity index (χ0v) is 15.6. The number of anilines is 1. The molecule has 0 aliphatic carbocycles. The van der Waals surface area contributed by atoms with E-state index in [0.29, 0.717) is 11.3 Å². The van der Waals surface area contributed by atoms with Crippen molar-refractivity contribution >= 4 is 17.8 Å². The molecule has 0 radical (unpaired) electrons. The Balaban J connectivity index is 1.44. The first-order valence-corrected chi connectivity index (χ1v) is 9.13. The van der Waals surface area contributed by atoms with Gasteiger partial charge in [0.1, 0.15) is 5.75 Å². The third-order valence-corrected chi connectivity index (χ3v) is 4.82. The molecule has 4 rings (SSSR count). The van der Waals surface area contributed by atoms with Crippen molar-refractivity contribution in [3.63, 3.8) is 0 Å². The number of carbonyl (C=O) groups excluding carboxylic acids is 1. The van der Waals surface area contributed by atoms with Crippen molar-refractivity contribution in [1.29, 1.82) is 0 Å². The van der Waals surface area contributed by atoms with Crippen molar-refractivity contribution in [3.8, 4) is 5.75 Å². The average Bonchev–Trinajstić information content (AvgIpc) is 3.18. The molecule has 3 aromatic carbocycles. The van der Waals surface area contributed by atoms with Gasteiger partial charge in [0.05, 0.1) is 13.3 Å². The first-order valence-electron chi connectivity index (χ1n) is 9.13. The Bertz CT molecular complexity index is 1000. The molecule has 0 spiro atoms. The van der Waals surface area contributed by atoms with Crippen molar-refractivity contribution in [2.75, 3.05) is 12.0 Å². The topological polar surface area (TPSA) is 53.9 Å². The minimum absolute atomic E-state index is 0.246. The summed E-state index contributed by atoms with van der Waals surface area (Å²) in [7, 11) is 1.60. The van der Waals surface area contributed by atoms with Crippen molar-refractivity contribution in [2.45, 2.75) is 13.1 Å². The number of benzene rings is 3. The Hall–Kier alpha value is -3.60. The van der Waals surface area contributed by atoms with Gasteiger partial charge in [-0.25, -0.2) is 5.43 Å². The Morgan fingerprint density at radius 2 is 1.71 bits per heavy atom. The largest absolute Gasteiger partial charge is 0.496 e. The Labute approximate surface area is 164 Å². The minimum Gasteiger partial charge on any atom is -0.496 e. The Morgan fingerprint density at radius 1 is 1.00 bits per heavy atom. The number of nitrogens with zero attached hydrogens (tertiary/aromatic N) is 2. The van der Waals surface area contributed by atoms with Gasteiger partial charge in [-0.1, -0.05) is 42.5 Å². The van der Waals surface area contributed by atoms with Crippen LogP contribution >= 0.6 is 0 Å². The molecule has 1 amide bonds. The third-order valence-electron chi connectivity index (χ3n) is 4.82. The number of hydrazone groups is 1. The number of hydrogen-bond donors (Lipinski definition) is 1. The molecular formula is C23H21N3O2. The average molecular weight is 371 g/mol. The summed E-state index contributed by atoms with van der Waals surface area (Å²) in [5.74, 6) is 0.459. The van der Waals surface area contributed by atoms with Crippen LogP contribution in [0.25, 0.3) is 0 Å². The molecule has 0 bridgehead atoms. The molecule has 1 aliphatic heterocycles. The molecule has 3 aromatic rings. The highest BCUT2D eigenvalue weighted by atomic mass is 16.5. The highest BCUT2D eigenvalue weighted by molar-refractivity contribution is 5.96. The lowest BCUT2D eigenvalue weighted by Crippen LogP contribution is -2.19. The van der Waals surface area contributed by atoms with Crippen LogP contribution in [0.1, 0.15) is 27.0 Å². The second-order valence-corrected chi connectivity index (χ2v) is 6.62. The Morgan fingerprint density at radius 3 is 2.46 bits per heavy atom. The number of hydrogen-bond acceptors (Lipinski definition) is 4. The van der Waals surface area contributed by atoms with Gasteiger partial charge >= 0.3 is 0 Å². The van der Waals surface area contributed by atoms with Crippen molar-refractivity contribution in [3.05, 3.63) is 95.1 Å². The highest BCUT2D eigenvalue weighted by Crippen LogP contribution is 2.28. The number of carbonyl (C=O) groups is 1. The monoisotopic (exact) mass is 371 g/mol. The number of ether oxygens (including phenoxy) is 1. The van der Waals surface area contributed by atoms with E-state index in [1.807, 2.05) is 42.5 Å². The summed E-state index contributed by atoms with van der Waals surface area (Å²) in [4.78, 5) is 14.8. The molecule has 1 aliphatic rings. The third kappa shape index (κ3) is 3.74. The summed E-state index contributed by atoms with van der Waals surface area (Å²) >= 11 is 0. The van der Waals surface area contributed by atoms with Gasteiger partial charge in [-0.05, 0) is 41.5 Å². The van der Waals surface area contributed by atoms with Gasteiger partial charge in [0.15, 0.2) is 0 Å². The molecule has 0 fully saturated rings. The van der Waals surface area contributed by atoms with Crippen LogP contribution in [-0.2, 0) is 13.1 Å². The van der Waals surface area contributed by atoms with E-state index in [2.05, 4.69) is 39.7 Å². The van der Waals surface area contributed by atoms with E-state index in [0.717, 1.165) is 24.3 Å². The molecule has 28 heavy (non-hydrogen) atoms. The first kappa shape index (κ1) is 17.8. The van der Waals surface area contributed by atoms with Crippen LogP contribution < -0.4 is 15.1 Å². The van der Waals surface area contributed by atoms with Crippen molar-refractivity contribution in [1.82, 2.24) is 5.43 Å². The summed E-state index contributed by atoms with van der Waals surface area (Å²) in [6, 6.07) is 23.5. The lowest BCUT2D eigenvalue weighted by molar-refractivity contribution is 0.0955. The molecule has 0 unspecified atom stereocenters. The number of amides is 1. The normalized spacial score (nSPS) is 12.8. The van der Waals surface area contributed by atoms with Crippen molar-refractivity contribution < 1.29 is 9.53 Å². The zero-order chi connectivity index (χ0) is 19.3. The summed E-state index contributed by atoms with van der Waals surface area (Å²) in [6.45, 7) is 1.71. The van der Waals surface area contributed by atoms with Gasteiger partial charge < -0.3 is 9.64 Å². The quantitative estimate of drug-likeness (QED) is 0.545. The van der Waals surface area contributed by atoms with E-state index in [1.54, 1.807) is 19.4 Å². The van der Waals surface area contributed by atoms with E-state index < -0.39 is 0 Å². The molecule has 0 aromatic heterocycles. The van der Waals surface area contributed by atoms with Crippen LogP contribution in [0.3, 0.4) is 0 Å². The summed E-state index contributed by atoms with van der Waals surface area (Å²) in [5, 5.41) is 4.07. The molecule has 1 heterocycles. The maximum Gasteiger partial charge on any atom is 0.271 e. The molecule has 5 heteroatoms. The molecule has 0 atom stereocenters. The smallest absolute Gasteiger partial charge is 0.271 e. The van der Waals surface area contributed by atoms with E-state index in [-0.39, 0.29) is 5.91 Å². The van der Waals surface area contributed by atoms with Crippen LogP contribution in [-0.4, -0.2) is 19.2 Å². The van der Waals surface area contributed by atoms with Gasteiger partial charge in [-0.15, -0.1) is 0 Å². The van der Waals surface area contributed by atoms with Gasteiger partial charge in [0, 0.05) is 29.9 Å². The predicted molar refractivity (Wildman–Crippen MR) is 111 cm³/mol. The Kier molecular flexibility index (Phi) is 5.06. The predicted octanol–water partition coefficient (Wildman–Crippen LogP) is 3.98. The van der Waals surface area contributed by atoms with Gasteiger partial charge in [0.25, 0.3) is 5.91 Å². The van der Waals surface area contributed by atoms with E-state index in [1.165, 1.54) is 11.1 Å². The van der Waals surface area contributed by atoms with Crippen LogP contribution in [0, 0.1) is 0 Å². The number of rotatable bonds is 5. The second kappa shape index (κ2) is 7.96. The standard InChI is InChI=1S/C23H21N3O2/c1-28-22-12-5-4-7-18(22)14-24-25-23(27)17-10-6-11-21(13-17)26-15-19-8-2-3-9-20(19)16-26/h2-14H,15-16H2,1H3,(H,25,27)/b24-14-. The van der Waals surface area contributed by atoms with E-state index >= 15 is 0 Å². The fourth-order valence-electron chi connectivity index (χ4n) is 3.36. The van der Waals surface area contributed by atoms with Crippen LogP contribution in [0.5, 0.6) is 5.75 Å². The number of fused-ring (bicyclic) bond motifs is 1. The molecule has 0 saturated heterocycles. The molecular weight excluding hydrogens is 350 g/mol. The maximum atomic E-state index is 12.5. The van der Waals surface area contributed by atoms with Crippen LogP contribution in [0.2, 0.25) is 0 Å². The first-order chi connectivity index (χ1) is 13.7. The number of methoxy groups -OCH3 is 1. The molecule has 1 N–H and O–H groups in total. The number of nitrogens with one attached hydrogen (secondary N) is 1. The highest BCUT2D eigenvalue weighted by Gasteiger charge is 2.19. The summed E-state index contributed by atoms with van der Waals surface area (Å²) in [5.41, 5.74) is 7.65. The second-order valence-electron chi connectivity index (χ2n) is 6.62. The lowest BCUT2D eigenvalue weighted by atomic mass is 10.1. The molecule has 140 valence electrons. The summed E-state index contributed by atoms with van der Waals surface area (Å²) in [6.07, 6.45) is 1.58. The zero-order valence-electron chi connectivity index (χ0n) is 15.6. The van der Waals surface area contributed by atoms with Crippen molar-refractivity contribution in [2.24, 2.45) is 5.10 Å². The maximum absolute atomic E-state index is 12.5. The van der Waals surface area contributed by atoms with E-state index in [9.17, 15) is 4.79 Å². The SMILES string of the molecule is COc1ccccc1/C=N\NC(=O)c1cccc(N2Cc3ccccc3C2)c1. The van der Waals surface area contributed by atoms with Crippen LogP contribution in [0.15, 0.2) is 77.9 Å². The lowest BCUT2D eigenvalue weighted by Gasteiger charge is -2.18. The molecule has 0 saturated carbocycles. The minimum atomic E-state index is -0.246. The van der Waals surface area contributed by atoms with Gasteiger partial charge in [0.2, 0.25) is 0 Å². The van der Waals surface area contributed by atoms with Gasteiger partial charge in [-0.2, -0.15) is 5.10 Å². The fourth-order valence-corrected chi connectivity index (χ4v) is 3.36. The fraction of sp³-hybridized carbons (Fsp3) is 0.130. The summed E-state index contributed by atoms with van der Waals surface area (Å²) < 4.78 is 5.28. The van der Waals surface area contributed by atoms with E-state index in [4.69, 9.17) is 4.74 Å². The number of para-hydroxylation sites is 1.